The van der Waals surface area contributed by atoms with E-state index in [1.165, 1.54) is 18.4 Å². The van der Waals surface area contributed by atoms with Gasteiger partial charge in [0, 0.05) is 85.4 Å². The summed E-state index contributed by atoms with van der Waals surface area (Å²) in [5.41, 5.74) is 3.25. The zero-order chi connectivity index (χ0) is 26.8. The Kier molecular flexibility index (Phi) is 7.88. The second-order valence-corrected chi connectivity index (χ2v) is 11.3. The molecule has 0 bridgehead atoms. The number of benzene rings is 1. The predicted octanol–water partition coefficient (Wildman–Crippen LogP) is 5.73. The molecular weight excluding hydrogens is 531 g/mol. The first kappa shape index (κ1) is 26.3. The Morgan fingerprint density at radius 2 is 1.69 bits per heavy atom. The van der Waals surface area contributed by atoms with Crippen LogP contribution in [0.1, 0.15) is 31.7 Å². The highest BCUT2D eigenvalue weighted by Crippen LogP contribution is 2.32. The number of pyridine rings is 1. The van der Waals surface area contributed by atoms with Crippen LogP contribution in [-0.2, 0) is 6.54 Å². The van der Waals surface area contributed by atoms with E-state index in [1.54, 1.807) is 12.4 Å². The Bertz CT molecular complexity index is 1370. The molecule has 0 aliphatic carbocycles. The van der Waals surface area contributed by atoms with Crippen LogP contribution in [0.5, 0.6) is 0 Å². The van der Waals surface area contributed by atoms with E-state index in [0.29, 0.717) is 17.1 Å². The number of H-pyrrole nitrogens is 2. The lowest BCUT2D eigenvalue weighted by molar-refractivity contribution is 0.0611. The number of piperidine rings is 1. The van der Waals surface area contributed by atoms with Gasteiger partial charge >= 0.3 is 0 Å². The first-order valence-electron chi connectivity index (χ1n) is 13.8. The Balaban J connectivity index is 1.07. The largest absolute Gasteiger partial charge is 0.353 e. The highest BCUT2D eigenvalue weighted by molar-refractivity contribution is 6.33. The van der Waals surface area contributed by atoms with Gasteiger partial charge in [-0.3, -0.25) is 9.80 Å². The van der Waals surface area contributed by atoms with Crippen molar-refractivity contribution < 1.29 is 0 Å². The van der Waals surface area contributed by atoms with Gasteiger partial charge < -0.3 is 14.9 Å². The molecule has 204 valence electrons. The van der Waals surface area contributed by atoms with Crippen LogP contribution in [0.25, 0.3) is 22.8 Å². The predicted molar refractivity (Wildman–Crippen MR) is 157 cm³/mol. The zero-order valence-electron chi connectivity index (χ0n) is 22.2. The van der Waals surface area contributed by atoms with E-state index in [1.807, 2.05) is 36.8 Å². The Labute approximate surface area is 239 Å². The summed E-state index contributed by atoms with van der Waals surface area (Å²) in [6.07, 6.45) is 12.5. The minimum atomic E-state index is 0.486. The Morgan fingerprint density at radius 1 is 0.923 bits per heavy atom. The molecule has 0 spiro atoms. The number of aromatic nitrogens is 5. The van der Waals surface area contributed by atoms with E-state index < -0.39 is 0 Å². The van der Waals surface area contributed by atoms with Gasteiger partial charge in [-0.15, -0.1) is 0 Å². The number of aromatic amines is 2. The van der Waals surface area contributed by atoms with E-state index in [-0.39, 0.29) is 0 Å². The number of likely N-dealkylation sites (tertiary alicyclic amines) is 1. The summed E-state index contributed by atoms with van der Waals surface area (Å²) in [6.45, 7) is 8.28. The molecule has 8 nitrogen and oxygen atoms in total. The molecule has 2 aliphatic rings. The smallest absolute Gasteiger partial charge is 0.147 e. The summed E-state index contributed by atoms with van der Waals surface area (Å²) in [4.78, 5) is 27.5. The van der Waals surface area contributed by atoms with Crippen molar-refractivity contribution in [2.24, 2.45) is 0 Å². The van der Waals surface area contributed by atoms with E-state index in [4.69, 9.17) is 28.2 Å². The first-order valence-corrected chi connectivity index (χ1v) is 14.5. The molecule has 2 fully saturated rings. The maximum absolute atomic E-state index is 6.71. The van der Waals surface area contributed by atoms with Crippen molar-refractivity contribution in [1.29, 1.82) is 0 Å². The average Bonchev–Trinajstić information content (AvgIpc) is 3.69. The maximum atomic E-state index is 6.71. The highest BCUT2D eigenvalue weighted by atomic mass is 35.5. The molecule has 0 saturated carbocycles. The zero-order valence-corrected chi connectivity index (χ0v) is 23.7. The number of halogens is 2. The molecular formula is C29H34Cl2N8. The third-order valence-electron chi connectivity index (χ3n) is 8.14. The SMILES string of the molecule is CCC1CN(c2ncc(-c3ncc[nH]3)cc2Cl)CCN1C1CCN(Cc2ccc(Cl)cc2-c2ncc[nH]2)CC1. The number of nitrogens with one attached hydrogen (secondary N) is 2. The molecule has 5 heterocycles. The third kappa shape index (κ3) is 5.70. The van der Waals surface area contributed by atoms with Gasteiger partial charge in [0.05, 0.1) is 5.02 Å². The summed E-state index contributed by atoms with van der Waals surface area (Å²) in [5, 5.41) is 1.41. The normalized spacial score (nSPS) is 19.6. The lowest BCUT2D eigenvalue weighted by Gasteiger charge is -2.47. The second-order valence-electron chi connectivity index (χ2n) is 10.5. The summed E-state index contributed by atoms with van der Waals surface area (Å²) in [7, 11) is 0. The van der Waals surface area contributed by atoms with E-state index >= 15 is 0 Å². The Morgan fingerprint density at radius 3 is 2.38 bits per heavy atom. The van der Waals surface area contributed by atoms with Crippen LogP contribution in [0.3, 0.4) is 0 Å². The number of anilines is 1. The van der Waals surface area contributed by atoms with Gasteiger partial charge in [0.1, 0.15) is 17.5 Å². The van der Waals surface area contributed by atoms with Crippen LogP contribution in [0.15, 0.2) is 55.2 Å². The van der Waals surface area contributed by atoms with Crippen molar-refractivity contribution in [3.63, 3.8) is 0 Å². The lowest BCUT2D eigenvalue weighted by atomic mass is 9.97. The summed E-state index contributed by atoms with van der Waals surface area (Å²) in [5.74, 6) is 2.53. The molecule has 39 heavy (non-hydrogen) atoms. The molecule has 10 heteroatoms. The quantitative estimate of drug-likeness (QED) is 0.298. The standard InChI is InChI=1S/C29H34Cl2N8/c1-2-23-19-38(29-26(31)15-21(17-36-29)27-32-7-8-33-27)13-14-39(23)24-5-11-37(12-6-24)18-20-3-4-22(30)16-25(20)28-34-9-10-35-28/h3-4,7-10,15-17,23-24H,2,5-6,11-14,18-19H2,1H3,(H,32,33)(H,34,35). The fraction of sp³-hybridized carbons (Fsp3) is 0.414. The van der Waals surface area contributed by atoms with Crippen molar-refractivity contribution >= 4 is 29.0 Å². The van der Waals surface area contributed by atoms with Gasteiger partial charge in [-0.2, -0.15) is 0 Å². The topological polar surface area (TPSA) is 80.0 Å². The molecule has 0 amide bonds. The fourth-order valence-electron chi connectivity index (χ4n) is 6.09. The maximum Gasteiger partial charge on any atom is 0.147 e. The summed E-state index contributed by atoms with van der Waals surface area (Å²) in [6, 6.07) is 9.18. The fourth-order valence-corrected chi connectivity index (χ4v) is 6.55. The number of hydrogen-bond acceptors (Lipinski definition) is 6. The van der Waals surface area contributed by atoms with Gasteiger partial charge in [-0.1, -0.05) is 36.2 Å². The van der Waals surface area contributed by atoms with Gasteiger partial charge in [0.2, 0.25) is 0 Å². The van der Waals surface area contributed by atoms with Gasteiger partial charge in [0.15, 0.2) is 0 Å². The minimum absolute atomic E-state index is 0.486. The van der Waals surface area contributed by atoms with E-state index in [2.05, 4.69) is 47.6 Å². The lowest BCUT2D eigenvalue weighted by Crippen LogP contribution is -2.58. The molecule has 4 aromatic rings. The van der Waals surface area contributed by atoms with Crippen molar-refractivity contribution in [3.8, 4) is 22.8 Å². The molecule has 6 rings (SSSR count). The minimum Gasteiger partial charge on any atom is -0.353 e. The number of piperazine rings is 1. The van der Waals surface area contributed by atoms with Crippen molar-refractivity contribution in [3.05, 3.63) is 70.9 Å². The van der Waals surface area contributed by atoms with E-state index in [9.17, 15) is 0 Å². The molecule has 1 atom stereocenters. The van der Waals surface area contributed by atoms with Gasteiger partial charge in [-0.05, 0) is 56.1 Å². The second kappa shape index (κ2) is 11.7. The summed E-state index contributed by atoms with van der Waals surface area (Å²) < 4.78 is 0. The van der Waals surface area contributed by atoms with Crippen LogP contribution in [0.2, 0.25) is 10.0 Å². The first-order chi connectivity index (χ1) is 19.1. The van der Waals surface area contributed by atoms with Crippen LogP contribution in [0.4, 0.5) is 5.82 Å². The number of imidazole rings is 2. The molecule has 0 radical (unpaired) electrons. The highest BCUT2D eigenvalue weighted by Gasteiger charge is 2.34. The van der Waals surface area contributed by atoms with Crippen molar-refractivity contribution in [2.45, 2.75) is 44.8 Å². The molecule has 3 aromatic heterocycles. The van der Waals surface area contributed by atoms with Crippen LogP contribution >= 0.6 is 23.2 Å². The number of hydrogen-bond donors (Lipinski definition) is 2. The molecule has 2 N–H and O–H groups in total. The van der Waals surface area contributed by atoms with Crippen molar-refractivity contribution in [1.82, 2.24) is 34.7 Å². The monoisotopic (exact) mass is 564 g/mol. The molecule has 1 aromatic carbocycles. The van der Waals surface area contributed by atoms with Gasteiger partial charge in [-0.25, -0.2) is 15.0 Å². The molecule has 2 aliphatic heterocycles. The average molecular weight is 566 g/mol. The van der Waals surface area contributed by atoms with E-state index in [0.717, 1.165) is 79.3 Å². The van der Waals surface area contributed by atoms with Crippen LogP contribution in [-0.4, -0.2) is 79.5 Å². The van der Waals surface area contributed by atoms with Gasteiger partial charge in [0.25, 0.3) is 0 Å². The number of nitrogens with zero attached hydrogens (tertiary/aromatic N) is 6. The molecule has 1 unspecified atom stereocenters. The van der Waals surface area contributed by atoms with Crippen LogP contribution < -0.4 is 4.90 Å². The Hall–Kier alpha value is -2.91. The summed E-state index contributed by atoms with van der Waals surface area (Å²) >= 11 is 13.0. The molecule has 2 saturated heterocycles. The number of rotatable bonds is 7. The third-order valence-corrected chi connectivity index (χ3v) is 8.65. The van der Waals surface area contributed by atoms with Crippen LogP contribution in [0, 0.1) is 0 Å². The van der Waals surface area contributed by atoms with Crippen molar-refractivity contribution in [2.75, 3.05) is 37.6 Å².